The lowest BCUT2D eigenvalue weighted by Gasteiger charge is -2.13. The van der Waals surface area contributed by atoms with Crippen LogP contribution < -0.4 is 10.6 Å². The smallest absolute Gasteiger partial charge is 0.326 e. The van der Waals surface area contributed by atoms with E-state index in [0.29, 0.717) is 6.54 Å². The maximum atomic E-state index is 11.2. The second kappa shape index (κ2) is 8.68. The second-order valence-corrected chi connectivity index (χ2v) is 4.22. The normalized spacial score (nSPS) is 11.6. The molecular weight excluding hydrogens is 248 g/mol. The van der Waals surface area contributed by atoms with Crippen molar-refractivity contribution in [1.82, 2.24) is 10.6 Å². The Labute approximate surface area is 103 Å². The number of urea groups is 1. The van der Waals surface area contributed by atoms with Crippen molar-refractivity contribution in [2.75, 3.05) is 18.6 Å². The van der Waals surface area contributed by atoms with Gasteiger partial charge in [0.2, 0.25) is 0 Å². The molecule has 0 rings (SSSR count). The summed E-state index contributed by atoms with van der Waals surface area (Å²) in [5, 5.41) is 21.7. The van der Waals surface area contributed by atoms with Crippen molar-refractivity contribution >= 4 is 29.7 Å². The standard InChI is InChI=1S/C9H16N2O5S/c1-17-4-2-3-10-9(16)11-6(8(14)15)5-7(12)13/h6H,2-5H2,1H3,(H,12,13)(H,14,15)(H2,10,11,16)/t6-/m1/s1. The van der Waals surface area contributed by atoms with Crippen LogP contribution in [0.5, 0.6) is 0 Å². The SMILES string of the molecule is CSCCCNC(=O)N[C@H](CC(=O)O)C(=O)O. The lowest BCUT2D eigenvalue weighted by Crippen LogP contribution is -2.47. The monoisotopic (exact) mass is 264 g/mol. The van der Waals surface area contributed by atoms with E-state index in [9.17, 15) is 14.4 Å². The van der Waals surface area contributed by atoms with Crippen LogP contribution in [-0.4, -0.2) is 52.8 Å². The van der Waals surface area contributed by atoms with Gasteiger partial charge in [0.25, 0.3) is 0 Å². The van der Waals surface area contributed by atoms with E-state index in [0.717, 1.165) is 12.2 Å². The highest BCUT2D eigenvalue weighted by molar-refractivity contribution is 7.98. The van der Waals surface area contributed by atoms with Crippen LogP contribution in [0.3, 0.4) is 0 Å². The van der Waals surface area contributed by atoms with E-state index >= 15 is 0 Å². The molecule has 0 radical (unpaired) electrons. The molecule has 0 aliphatic carbocycles. The third-order valence-corrected chi connectivity index (χ3v) is 2.49. The van der Waals surface area contributed by atoms with Crippen molar-refractivity contribution in [2.24, 2.45) is 0 Å². The molecule has 0 aromatic rings. The molecule has 0 aromatic heterocycles. The van der Waals surface area contributed by atoms with Gasteiger partial charge in [-0.05, 0) is 18.4 Å². The lowest BCUT2D eigenvalue weighted by molar-refractivity contribution is -0.145. The molecule has 0 bridgehead atoms. The highest BCUT2D eigenvalue weighted by atomic mass is 32.2. The molecule has 1 atom stereocenters. The number of hydrogen-bond donors (Lipinski definition) is 4. The molecule has 0 fully saturated rings. The Hall–Kier alpha value is -1.44. The van der Waals surface area contributed by atoms with E-state index in [1.54, 1.807) is 11.8 Å². The quantitative estimate of drug-likeness (QED) is 0.457. The molecule has 0 unspecified atom stereocenters. The van der Waals surface area contributed by atoms with E-state index in [1.165, 1.54) is 0 Å². The minimum Gasteiger partial charge on any atom is -0.481 e. The molecule has 0 aromatic carbocycles. The van der Waals surface area contributed by atoms with E-state index < -0.39 is 30.4 Å². The van der Waals surface area contributed by atoms with Crippen LogP contribution in [-0.2, 0) is 9.59 Å². The molecule has 7 nitrogen and oxygen atoms in total. The van der Waals surface area contributed by atoms with Crippen molar-refractivity contribution < 1.29 is 24.6 Å². The van der Waals surface area contributed by atoms with Crippen molar-refractivity contribution in [2.45, 2.75) is 18.9 Å². The van der Waals surface area contributed by atoms with Gasteiger partial charge in [-0.1, -0.05) is 0 Å². The summed E-state index contributed by atoms with van der Waals surface area (Å²) in [6, 6.07) is -2.08. The Morgan fingerprint density at radius 1 is 1.29 bits per heavy atom. The Morgan fingerprint density at radius 2 is 1.94 bits per heavy atom. The first-order chi connectivity index (χ1) is 7.97. The van der Waals surface area contributed by atoms with E-state index in [1.807, 2.05) is 6.26 Å². The average Bonchev–Trinajstić information content (AvgIpc) is 2.22. The van der Waals surface area contributed by atoms with Crippen molar-refractivity contribution in [3.05, 3.63) is 0 Å². The fourth-order valence-electron chi connectivity index (χ4n) is 1.00. The van der Waals surface area contributed by atoms with Gasteiger partial charge in [-0.25, -0.2) is 9.59 Å². The number of hydrogen-bond acceptors (Lipinski definition) is 4. The number of carboxylic acid groups (broad SMARTS) is 2. The van der Waals surface area contributed by atoms with E-state index in [4.69, 9.17) is 10.2 Å². The molecule has 0 heterocycles. The first-order valence-corrected chi connectivity index (χ1v) is 6.34. The Balaban J connectivity index is 3.96. The molecular formula is C9H16N2O5S. The number of carbonyl (C=O) groups excluding carboxylic acids is 1. The summed E-state index contributed by atoms with van der Waals surface area (Å²) in [6.45, 7) is 0.423. The third kappa shape index (κ3) is 8.38. The third-order valence-electron chi connectivity index (χ3n) is 1.79. The van der Waals surface area contributed by atoms with Crippen LogP contribution in [0.2, 0.25) is 0 Å². The van der Waals surface area contributed by atoms with Gasteiger partial charge < -0.3 is 20.8 Å². The molecule has 4 N–H and O–H groups in total. The molecule has 2 amide bonds. The van der Waals surface area contributed by atoms with Gasteiger partial charge in [-0.2, -0.15) is 11.8 Å². The van der Waals surface area contributed by atoms with Gasteiger partial charge in [0.1, 0.15) is 6.04 Å². The van der Waals surface area contributed by atoms with Crippen LogP contribution in [0.15, 0.2) is 0 Å². The van der Waals surface area contributed by atoms with Crippen LogP contribution >= 0.6 is 11.8 Å². The predicted octanol–water partition coefficient (Wildman–Crippen LogP) is -0.0334. The van der Waals surface area contributed by atoms with E-state index in [2.05, 4.69) is 10.6 Å². The first-order valence-electron chi connectivity index (χ1n) is 4.95. The minimum absolute atomic E-state index is 0.423. The van der Waals surface area contributed by atoms with Gasteiger partial charge in [-0.3, -0.25) is 4.79 Å². The molecule has 0 spiro atoms. The lowest BCUT2D eigenvalue weighted by atomic mass is 10.2. The van der Waals surface area contributed by atoms with Crippen LogP contribution in [0.25, 0.3) is 0 Å². The van der Waals surface area contributed by atoms with Gasteiger partial charge in [0, 0.05) is 6.54 Å². The summed E-state index contributed by atoms with van der Waals surface area (Å²) in [4.78, 5) is 32.2. The number of carboxylic acids is 2. The average molecular weight is 264 g/mol. The minimum atomic E-state index is -1.41. The molecule has 17 heavy (non-hydrogen) atoms. The largest absolute Gasteiger partial charge is 0.481 e. The summed E-state index contributed by atoms with van der Waals surface area (Å²) in [5.41, 5.74) is 0. The summed E-state index contributed by atoms with van der Waals surface area (Å²) in [7, 11) is 0. The van der Waals surface area contributed by atoms with Crippen LogP contribution in [0.4, 0.5) is 4.79 Å². The Bertz CT molecular complexity index is 285. The van der Waals surface area contributed by atoms with Gasteiger partial charge in [0.05, 0.1) is 6.42 Å². The highest BCUT2D eigenvalue weighted by Crippen LogP contribution is 1.94. The zero-order valence-corrected chi connectivity index (χ0v) is 10.2. The van der Waals surface area contributed by atoms with Gasteiger partial charge >= 0.3 is 18.0 Å². The maximum Gasteiger partial charge on any atom is 0.326 e. The number of carbonyl (C=O) groups is 3. The number of rotatable bonds is 8. The molecule has 98 valence electrons. The van der Waals surface area contributed by atoms with E-state index in [-0.39, 0.29) is 0 Å². The highest BCUT2D eigenvalue weighted by Gasteiger charge is 2.22. The zero-order valence-electron chi connectivity index (χ0n) is 9.43. The fraction of sp³-hybridized carbons (Fsp3) is 0.667. The second-order valence-electron chi connectivity index (χ2n) is 3.24. The number of thioether (sulfide) groups is 1. The zero-order chi connectivity index (χ0) is 13.3. The summed E-state index contributed by atoms with van der Waals surface area (Å²) < 4.78 is 0. The van der Waals surface area contributed by atoms with Crippen molar-refractivity contribution in [3.63, 3.8) is 0 Å². The van der Waals surface area contributed by atoms with Gasteiger partial charge in [0.15, 0.2) is 0 Å². The summed E-state index contributed by atoms with van der Waals surface area (Å²) >= 11 is 1.64. The first kappa shape index (κ1) is 15.6. The molecule has 0 saturated carbocycles. The number of nitrogens with one attached hydrogen (secondary N) is 2. The number of aliphatic carboxylic acids is 2. The number of amides is 2. The Morgan fingerprint density at radius 3 is 2.41 bits per heavy atom. The molecule has 8 heteroatoms. The van der Waals surface area contributed by atoms with Gasteiger partial charge in [-0.15, -0.1) is 0 Å². The molecule has 0 aliphatic rings. The van der Waals surface area contributed by atoms with Crippen LogP contribution in [0, 0.1) is 0 Å². The Kier molecular flexibility index (Phi) is 7.95. The van der Waals surface area contributed by atoms with Crippen molar-refractivity contribution in [1.29, 1.82) is 0 Å². The van der Waals surface area contributed by atoms with Crippen molar-refractivity contribution in [3.8, 4) is 0 Å². The van der Waals surface area contributed by atoms with Crippen LogP contribution in [0.1, 0.15) is 12.8 Å². The summed E-state index contributed by atoms with van der Waals surface area (Å²) in [5.74, 6) is -1.76. The molecule has 0 saturated heterocycles. The maximum absolute atomic E-state index is 11.2. The summed E-state index contributed by atoms with van der Waals surface area (Å²) in [6.07, 6.45) is 2.06. The fourth-order valence-corrected chi connectivity index (χ4v) is 1.44. The predicted molar refractivity (Wildman–Crippen MR) is 63.2 cm³/mol. The topological polar surface area (TPSA) is 116 Å². The molecule has 0 aliphatic heterocycles.